The first-order valence-corrected chi connectivity index (χ1v) is 12.6. The summed E-state index contributed by atoms with van der Waals surface area (Å²) in [5, 5.41) is 0.706. The molecular formula is C26H22N2O8S2. The Labute approximate surface area is 226 Å². The highest BCUT2D eigenvalue weighted by molar-refractivity contribution is 8.11. The zero-order chi connectivity index (χ0) is 27.4. The van der Waals surface area contributed by atoms with Crippen molar-refractivity contribution < 1.29 is 38.1 Å². The minimum atomic E-state index is -0.777. The first-order valence-electron chi connectivity index (χ1n) is 11.0. The van der Waals surface area contributed by atoms with Gasteiger partial charge in [-0.25, -0.2) is 19.2 Å². The van der Waals surface area contributed by atoms with E-state index in [0.29, 0.717) is 21.4 Å². The lowest BCUT2D eigenvalue weighted by Gasteiger charge is -2.28. The van der Waals surface area contributed by atoms with Crippen LogP contribution < -0.4 is 9.80 Å². The fourth-order valence-electron chi connectivity index (χ4n) is 3.74. The SMILES string of the molecule is COC(=O)C1=C(C(=O)OC)N(c2ccccc2)/C(=C2\SC(C(=O)OC)=C(C(=O)OC)N2c2ccccc2)S1. The average molecular weight is 555 g/mol. The Morgan fingerprint density at radius 2 is 0.842 bits per heavy atom. The Balaban J connectivity index is 2.05. The first-order chi connectivity index (χ1) is 18.4. The van der Waals surface area contributed by atoms with Gasteiger partial charge in [0.2, 0.25) is 0 Å². The van der Waals surface area contributed by atoms with Crippen molar-refractivity contribution in [3.05, 3.63) is 91.9 Å². The summed E-state index contributed by atoms with van der Waals surface area (Å²) in [7, 11) is 4.82. The molecule has 0 saturated heterocycles. The zero-order valence-corrected chi connectivity index (χ0v) is 22.4. The number of thioether (sulfide) groups is 2. The monoisotopic (exact) mass is 554 g/mol. The molecule has 2 heterocycles. The number of nitrogens with zero attached hydrogens (tertiary/aromatic N) is 2. The summed E-state index contributed by atoms with van der Waals surface area (Å²) >= 11 is 1.91. The van der Waals surface area contributed by atoms with Crippen molar-refractivity contribution >= 4 is 58.8 Å². The Bertz CT molecular complexity index is 1280. The molecule has 0 aromatic heterocycles. The number of carbonyl (C=O) groups excluding carboxylic acids is 4. The summed E-state index contributed by atoms with van der Waals surface area (Å²) < 4.78 is 20.0. The summed E-state index contributed by atoms with van der Waals surface area (Å²) in [5.41, 5.74) is 0.915. The molecule has 0 atom stereocenters. The van der Waals surface area contributed by atoms with Gasteiger partial charge in [0.1, 0.15) is 19.9 Å². The standard InChI is InChI=1S/C26H22N2O8S2/c1-33-23(29)17-19(25(31)35-3)37-21(27(17)15-11-7-5-8-12-15)22-28(16-13-9-6-10-14-16)18(24(30)34-2)20(38-22)26(32)36-4/h5-14H,1-4H3/b22-21+. The molecular weight excluding hydrogens is 532 g/mol. The Hall–Kier alpha value is -4.16. The quantitative estimate of drug-likeness (QED) is 0.383. The number of ether oxygens (including phenoxy) is 4. The second-order valence-corrected chi connectivity index (χ2v) is 9.48. The molecule has 38 heavy (non-hydrogen) atoms. The van der Waals surface area contributed by atoms with Crippen molar-refractivity contribution in [1.82, 2.24) is 0 Å². The maximum Gasteiger partial charge on any atom is 0.356 e. The molecule has 0 saturated carbocycles. The predicted molar refractivity (Wildman–Crippen MR) is 142 cm³/mol. The fraction of sp³-hybridized carbons (Fsp3) is 0.154. The van der Waals surface area contributed by atoms with Crippen LogP contribution in [0, 0.1) is 0 Å². The summed E-state index contributed by atoms with van der Waals surface area (Å²) in [6, 6.07) is 17.6. The molecule has 0 amide bonds. The number of benzene rings is 2. The lowest BCUT2D eigenvalue weighted by Crippen LogP contribution is -2.29. The first kappa shape index (κ1) is 26.9. The summed E-state index contributed by atoms with van der Waals surface area (Å²) in [6.45, 7) is 0. The van der Waals surface area contributed by atoms with Crippen LogP contribution in [0.25, 0.3) is 0 Å². The highest BCUT2D eigenvalue weighted by Crippen LogP contribution is 2.54. The normalized spacial score (nSPS) is 17.1. The third-order valence-electron chi connectivity index (χ3n) is 5.39. The third-order valence-corrected chi connectivity index (χ3v) is 7.79. The van der Waals surface area contributed by atoms with Gasteiger partial charge in [-0.3, -0.25) is 9.80 Å². The van der Waals surface area contributed by atoms with Gasteiger partial charge in [0, 0.05) is 11.4 Å². The topological polar surface area (TPSA) is 112 Å². The molecule has 0 fully saturated rings. The summed E-state index contributed by atoms with van der Waals surface area (Å²) in [6.07, 6.45) is 0. The van der Waals surface area contributed by atoms with Crippen LogP contribution in [0.5, 0.6) is 0 Å². The van der Waals surface area contributed by atoms with E-state index in [1.165, 1.54) is 38.2 Å². The number of esters is 4. The molecule has 12 heteroatoms. The van der Waals surface area contributed by atoms with Crippen LogP contribution in [0.1, 0.15) is 0 Å². The average Bonchev–Trinajstić information content (AvgIpc) is 3.56. The van der Waals surface area contributed by atoms with E-state index in [1.54, 1.807) is 60.7 Å². The van der Waals surface area contributed by atoms with Gasteiger partial charge >= 0.3 is 23.9 Å². The molecule has 4 rings (SSSR count). The maximum atomic E-state index is 13.0. The lowest BCUT2D eigenvalue weighted by molar-refractivity contribution is -0.138. The molecule has 10 nitrogen and oxygen atoms in total. The molecule has 0 N–H and O–H groups in total. The maximum absolute atomic E-state index is 13.0. The van der Waals surface area contributed by atoms with Crippen molar-refractivity contribution in [3.8, 4) is 0 Å². The molecule has 196 valence electrons. The number of methoxy groups -OCH3 is 4. The van der Waals surface area contributed by atoms with Gasteiger partial charge in [-0.15, -0.1) is 0 Å². The highest BCUT2D eigenvalue weighted by Gasteiger charge is 2.46. The third kappa shape index (κ3) is 4.75. The van der Waals surface area contributed by atoms with Gasteiger partial charge in [0.15, 0.2) is 11.4 Å². The number of para-hydroxylation sites is 2. The summed E-state index contributed by atoms with van der Waals surface area (Å²) in [4.78, 5) is 54.8. The van der Waals surface area contributed by atoms with E-state index in [-0.39, 0.29) is 21.2 Å². The van der Waals surface area contributed by atoms with Crippen molar-refractivity contribution in [3.63, 3.8) is 0 Å². The molecule has 0 spiro atoms. The number of carbonyl (C=O) groups is 4. The van der Waals surface area contributed by atoms with Crippen LogP contribution >= 0.6 is 23.5 Å². The largest absolute Gasteiger partial charge is 0.465 e. The molecule has 2 aliphatic rings. The second-order valence-electron chi connectivity index (χ2n) is 7.48. The lowest BCUT2D eigenvalue weighted by atomic mass is 10.2. The van der Waals surface area contributed by atoms with E-state index >= 15 is 0 Å². The van der Waals surface area contributed by atoms with Crippen molar-refractivity contribution in [2.75, 3.05) is 38.2 Å². The van der Waals surface area contributed by atoms with Crippen molar-refractivity contribution in [2.45, 2.75) is 0 Å². The van der Waals surface area contributed by atoms with E-state index in [9.17, 15) is 19.2 Å². The number of hydrogen-bond acceptors (Lipinski definition) is 12. The van der Waals surface area contributed by atoms with Gasteiger partial charge in [0.05, 0.1) is 28.4 Å². The van der Waals surface area contributed by atoms with Gasteiger partial charge < -0.3 is 18.9 Å². The molecule has 2 aliphatic heterocycles. The molecule has 2 aromatic carbocycles. The van der Waals surface area contributed by atoms with E-state index in [4.69, 9.17) is 18.9 Å². The van der Waals surface area contributed by atoms with Crippen LogP contribution in [0.3, 0.4) is 0 Å². The second kappa shape index (κ2) is 11.5. The van der Waals surface area contributed by atoms with Gasteiger partial charge in [-0.1, -0.05) is 59.9 Å². The zero-order valence-electron chi connectivity index (χ0n) is 20.8. The van der Waals surface area contributed by atoms with Crippen LogP contribution in [-0.4, -0.2) is 52.3 Å². The molecule has 0 radical (unpaired) electrons. The van der Waals surface area contributed by atoms with Crippen LogP contribution in [-0.2, 0) is 38.1 Å². The number of hydrogen-bond donors (Lipinski definition) is 0. The molecule has 2 aromatic rings. The van der Waals surface area contributed by atoms with Crippen LogP contribution in [0.2, 0.25) is 0 Å². The fourth-order valence-corrected chi connectivity index (χ4v) is 6.18. The minimum absolute atomic E-state index is 0.0227. The number of rotatable bonds is 6. The Morgan fingerprint density at radius 3 is 1.13 bits per heavy atom. The predicted octanol–water partition coefficient (Wildman–Crippen LogP) is 3.74. The molecule has 0 unspecified atom stereocenters. The van der Waals surface area contributed by atoms with E-state index in [1.807, 2.05) is 0 Å². The van der Waals surface area contributed by atoms with Crippen LogP contribution in [0.4, 0.5) is 11.4 Å². The van der Waals surface area contributed by atoms with E-state index < -0.39 is 23.9 Å². The smallest absolute Gasteiger partial charge is 0.356 e. The Kier molecular flexibility index (Phi) is 8.13. The minimum Gasteiger partial charge on any atom is -0.465 e. The molecule has 0 aliphatic carbocycles. The summed E-state index contributed by atoms with van der Waals surface area (Å²) in [5.74, 6) is -3.06. The van der Waals surface area contributed by atoms with Gasteiger partial charge in [0.25, 0.3) is 0 Å². The van der Waals surface area contributed by atoms with Crippen molar-refractivity contribution in [1.29, 1.82) is 0 Å². The van der Waals surface area contributed by atoms with Gasteiger partial charge in [-0.05, 0) is 24.3 Å². The van der Waals surface area contributed by atoms with Crippen molar-refractivity contribution in [2.24, 2.45) is 0 Å². The van der Waals surface area contributed by atoms with Gasteiger partial charge in [-0.2, -0.15) is 0 Å². The highest BCUT2D eigenvalue weighted by atomic mass is 32.2. The van der Waals surface area contributed by atoms with E-state index in [2.05, 4.69) is 0 Å². The number of anilines is 2. The molecule has 0 bridgehead atoms. The Morgan fingerprint density at radius 1 is 0.526 bits per heavy atom. The van der Waals surface area contributed by atoms with E-state index in [0.717, 1.165) is 23.5 Å². The van der Waals surface area contributed by atoms with Crippen LogP contribution in [0.15, 0.2) is 91.9 Å².